The Bertz CT molecular complexity index is 395. The van der Waals surface area contributed by atoms with Crippen molar-refractivity contribution in [3.8, 4) is 0 Å². The van der Waals surface area contributed by atoms with Crippen LogP contribution in [0.15, 0.2) is 28.7 Å². The maximum Gasteiger partial charge on any atom is 0.165 e. The smallest absolute Gasteiger partial charge is 0.165 e. The molecule has 0 amide bonds. The van der Waals surface area contributed by atoms with Crippen LogP contribution in [0.2, 0.25) is 0 Å². The molecule has 0 spiro atoms. The number of hydrogen-bond acceptors (Lipinski definition) is 3. The van der Waals surface area contributed by atoms with E-state index in [1.807, 2.05) is 31.3 Å². The van der Waals surface area contributed by atoms with Crippen LogP contribution in [-0.4, -0.2) is 44.0 Å². The first-order valence-corrected chi connectivity index (χ1v) is 6.82. The monoisotopic (exact) mass is 313 g/mol. The summed E-state index contributed by atoms with van der Waals surface area (Å²) in [6, 6.07) is 7.86. The molecule has 0 aliphatic rings. The van der Waals surface area contributed by atoms with E-state index in [0.29, 0.717) is 19.1 Å². The van der Waals surface area contributed by atoms with Gasteiger partial charge in [-0.2, -0.15) is 0 Å². The summed E-state index contributed by atoms with van der Waals surface area (Å²) in [6.45, 7) is 3.51. The van der Waals surface area contributed by atoms with Gasteiger partial charge in [-0.15, -0.1) is 0 Å². The van der Waals surface area contributed by atoms with Crippen molar-refractivity contribution in [3.63, 3.8) is 0 Å². The van der Waals surface area contributed by atoms with Gasteiger partial charge in [0.2, 0.25) is 0 Å². The van der Waals surface area contributed by atoms with E-state index in [0.717, 1.165) is 16.6 Å². The second-order valence-corrected chi connectivity index (χ2v) is 5.29. The Morgan fingerprint density at radius 3 is 2.72 bits per heavy atom. The zero-order valence-electron chi connectivity index (χ0n) is 11.1. The highest BCUT2D eigenvalue weighted by atomic mass is 79.9. The van der Waals surface area contributed by atoms with E-state index in [1.165, 1.54) is 0 Å². The van der Waals surface area contributed by atoms with E-state index in [2.05, 4.69) is 27.8 Å². The number of carbonyl (C=O) groups excluding carboxylic acids is 1. The SMILES string of the molecule is COCC(C)N(C)CCC(=O)c1ccccc1Br. The molecule has 0 saturated carbocycles. The lowest BCUT2D eigenvalue weighted by molar-refractivity contribution is 0.0916. The second kappa shape index (κ2) is 7.67. The molecule has 100 valence electrons. The Labute approximate surface area is 117 Å². The Morgan fingerprint density at radius 2 is 2.11 bits per heavy atom. The Hall–Kier alpha value is -0.710. The van der Waals surface area contributed by atoms with Gasteiger partial charge in [0.25, 0.3) is 0 Å². The molecule has 1 aromatic rings. The largest absolute Gasteiger partial charge is 0.383 e. The average molecular weight is 314 g/mol. The van der Waals surface area contributed by atoms with Gasteiger partial charge in [0.05, 0.1) is 6.61 Å². The van der Waals surface area contributed by atoms with Gasteiger partial charge in [0.1, 0.15) is 0 Å². The minimum absolute atomic E-state index is 0.166. The second-order valence-electron chi connectivity index (χ2n) is 4.44. The molecular weight excluding hydrogens is 294 g/mol. The molecule has 0 fully saturated rings. The molecule has 3 nitrogen and oxygen atoms in total. The molecule has 1 rings (SSSR count). The van der Waals surface area contributed by atoms with E-state index in [9.17, 15) is 4.79 Å². The van der Waals surface area contributed by atoms with Crippen molar-refractivity contribution in [1.82, 2.24) is 4.90 Å². The first kappa shape index (κ1) is 15.3. The van der Waals surface area contributed by atoms with Crippen molar-refractivity contribution in [3.05, 3.63) is 34.3 Å². The van der Waals surface area contributed by atoms with E-state index < -0.39 is 0 Å². The van der Waals surface area contributed by atoms with Gasteiger partial charge in [-0.25, -0.2) is 0 Å². The number of methoxy groups -OCH3 is 1. The van der Waals surface area contributed by atoms with Gasteiger partial charge >= 0.3 is 0 Å². The summed E-state index contributed by atoms with van der Waals surface area (Å²) in [5, 5.41) is 0. The van der Waals surface area contributed by atoms with Gasteiger partial charge < -0.3 is 9.64 Å². The number of ketones is 1. The van der Waals surface area contributed by atoms with E-state index >= 15 is 0 Å². The number of ether oxygens (including phenoxy) is 1. The molecule has 1 aromatic carbocycles. The van der Waals surface area contributed by atoms with Crippen molar-refractivity contribution in [2.45, 2.75) is 19.4 Å². The Balaban J connectivity index is 2.49. The van der Waals surface area contributed by atoms with Crippen LogP contribution in [-0.2, 0) is 4.74 Å². The minimum atomic E-state index is 0.166. The van der Waals surface area contributed by atoms with Crippen LogP contribution < -0.4 is 0 Å². The number of halogens is 1. The molecule has 0 aliphatic carbocycles. The highest BCUT2D eigenvalue weighted by molar-refractivity contribution is 9.10. The number of hydrogen-bond donors (Lipinski definition) is 0. The van der Waals surface area contributed by atoms with Crippen molar-refractivity contribution >= 4 is 21.7 Å². The quantitative estimate of drug-likeness (QED) is 0.725. The summed E-state index contributed by atoms with van der Waals surface area (Å²) in [4.78, 5) is 14.2. The predicted octanol–water partition coefficient (Wildman–Crippen LogP) is 2.99. The lowest BCUT2D eigenvalue weighted by atomic mass is 10.1. The van der Waals surface area contributed by atoms with Crippen LogP contribution >= 0.6 is 15.9 Å². The molecule has 0 N–H and O–H groups in total. The third-order valence-corrected chi connectivity index (χ3v) is 3.72. The van der Waals surface area contributed by atoms with Gasteiger partial charge in [0, 0.05) is 36.2 Å². The molecule has 0 aliphatic heterocycles. The molecular formula is C14H20BrNO2. The maximum absolute atomic E-state index is 12.1. The first-order chi connectivity index (χ1) is 8.56. The molecule has 1 atom stereocenters. The van der Waals surface area contributed by atoms with Crippen LogP contribution in [0.3, 0.4) is 0 Å². The van der Waals surface area contributed by atoms with Gasteiger partial charge in [-0.05, 0) is 20.0 Å². The van der Waals surface area contributed by atoms with E-state index in [1.54, 1.807) is 7.11 Å². The highest BCUT2D eigenvalue weighted by Gasteiger charge is 2.13. The predicted molar refractivity (Wildman–Crippen MR) is 77.1 cm³/mol. The van der Waals surface area contributed by atoms with Crippen molar-refractivity contribution in [1.29, 1.82) is 0 Å². The minimum Gasteiger partial charge on any atom is -0.383 e. The van der Waals surface area contributed by atoms with E-state index in [-0.39, 0.29) is 5.78 Å². The molecule has 0 radical (unpaired) electrons. The topological polar surface area (TPSA) is 29.5 Å². The van der Waals surface area contributed by atoms with Crippen molar-refractivity contribution in [2.75, 3.05) is 27.3 Å². The van der Waals surface area contributed by atoms with Crippen LogP contribution in [0.1, 0.15) is 23.7 Å². The zero-order chi connectivity index (χ0) is 13.5. The van der Waals surface area contributed by atoms with Crippen molar-refractivity contribution in [2.24, 2.45) is 0 Å². The fraction of sp³-hybridized carbons (Fsp3) is 0.500. The average Bonchev–Trinajstić information content (AvgIpc) is 2.36. The fourth-order valence-electron chi connectivity index (χ4n) is 1.69. The summed E-state index contributed by atoms with van der Waals surface area (Å²) >= 11 is 3.40. The highest BCUT2D eigenvalue weighted by Crippen LogP contribution is 2.17. The number of carbonyl (C=O) groups is 1. The summed E-state index contributed by atoms with van der Waals surface area (Å²) < 4.78 is 5.96. The lowest BCUT2D eigenvalue weighted by Gasteiger charge is -2.23. The fourth-order valence-corrected chi connectivity index (χ4v) is 2.19. The van der Waals surface area contributed by atoms with Crippen LogP contribution in [0.5, 0.6) is 0 Å². The van der Waals surface area contributed by atoms with Gasteiger partial charge in [-0.1, -0.05) is 34.1 Å². The molecule has 0 heterocycles. The van der Waals surface area contributed by atoms with E-state index in [4.69, 9.17) is 4.74 Å². The van der Waals surface area contributed by atoms with Gasteiger partial charge in [0.15, 0.2) is 5.78 Å². The zero-order valence-corrected chi connectivity index (χ0v) is 12.7. The molecule has 1 unspecified atom stereocenters. The maximum atomic E-state index is 12.1. The molecule has 0 aromatic heterocycles. The molecule has 18 heavy (non-hydrogen) atoms. The Kier molecular flexibility index (Phi) is 6.54. The third-order valence-electron chi connectivity index (χ3n) is 3.03. The lowest BCUT2D eigenvalue weighted by Crippen LogP contribution is -2.34. The third kappa shape index (κ3) is 4.52. The van der Waals surface area contributed by atoms with Crippen molar-refractivity contribution < 1.29 is 9.53 Å². The van der Waals surface area contributed by atoms with Crippen LogP contribution in [0, 0.1) is 0 Å². The number of nitrogens with zero attached hydrogens (tertiary/aromatic N) is 1. The van der Waals surface area contributed by atoms with Crippen LogP contribution in [0.4, 0.5) is 0 Å². The number of likely N-dealkylation sites (N-methyl/N-ethyl adjacent to an activating group) is 1. The number of Topliss-reactive ketones (excluding diaryl/α,β-unsaturated/α-hetero) is 1. The summed E-state index contributed by atoms with van der Waals surface area (Å²) in [5.74, 6) is 0.166. The summed E-state index contributed by atoms with van der Waals surface area (Å²) in [7, 11) is 3.70. The number of benzene rings is 1. The normalized spacial score (nSPS) is 12.7. The molecule has 0 bridgehead atoms. The summed E-state index contributed by atoms with van der Waals surface area (Å²) in [5.41, 5.74) is 0.755. The standard InChI is InChI=1S/C14H20BrNO2/c1-11(10-18-3)16(2)9-8-14(17)12-6-4-5-7-13(12)15/h4-7,11H,8-10H2,1-3H3. The molecule has 0 saturated heterocycles. The Morgan fingerprint density at radius 1 is 1.44 bits per heavy atom. The van der Waals surface area contributed by atoms with Gasteiger partial charge in [-0.3, -0.25) is 4.79 Å². The molecule has 4 heteroatoms. The van der Waals surface area contributed by atoms with Crippen LogP contribution in [0.25, 0.3) is 0 Å². The number of rotatable bonds is 7. The summed E-state index contributed by atoms with van der Waals surface area (Å²) in [6.07, 6.45) is 0.521. The first-order valence-electron chi connectivity index (χ1n) is 6.03.